The zero-order valence-electron chi connectivity index (χ0n) is 11.9. The molecule has 0 aliphatic rings. The standard InChI is InChI=1S/C17H16ClNO2/c1-12-4-3-5-15(17(12)18)19-11-10-16(20)13-6-8-14(21-2)9-7-13/h3-11,19H,1-2H3/b11-10-. The van der Waals surface area contributed by atoms with Crippen LogP contribution in [-0.4, -0.2) is 12.9 Å². The quantitative estimate of drug-likeness (QED) is 0.654. The first-order chi connectivity index (χ1) is 10.1. The first kappa shape index (κ1) is 15.1. The van der Waals surface area contributed by atoms with Gasteiger partial charge in [-0.05, 0) is 42.8 Å². The van der Waals surface area contributed by atoms with Crippen molar-refractivity contribution in [2.75, 3.05) is 12.4 Å². The summed E-state index contributed by atoms with van der Waals surface area (Å²) in [6.45, 7) is 1.93. The van der Waals surface area contributed by atoms with Crippen LogP contribution in [0.25, 0.3) is 0 Å². The summed E-state index contributed by atoms with van der Waals surface area (Å²) in [7, 11) is 1.59. The van der Waals surface area contributed by atoms with Gasteiger partial charge < -0.3 is 10.1 Å². The fourth-order valence-corrected chi connectivity index (χ4v) is 2.00. The van der Waals surface area contributed by atoms with Gasteiger partial charge in [0.25, 0.3) is 0 Å². The monoisotopic (exact) mass is 301 g/mol. The van der Waals surface area contributed by atoms with Crippen molar-refractivity contribution in [1.82, 2.24) is 0 Å². The van der Waals surface area contributed by atoms with Gasteiger partial charge in [0.1, 0.15) is 5.75 Å². The molecular weight excluding hydrogens is 286 g/mol. The topological polar surface area (TPSA) is 38.3 Å². The van der Waals surface area contributed by atoms with Gasteiger partial charge in [-0.3, -0.25) is 4.79 Å². The second-order valence-corrected chi connectivity index (χ2v) is 4.88. The van der Waals surface area contributed by atoms with Crippen LogP contribution in [-0.2, 0) is 0 Å². The zero-order valence-corrected chi connectivity index (χ0v) is 12.6. The molecule has 0 atom stereocenters. The van der Waals surface area contributed by atoms with E-state index in [4.69, 9.17) is 16.3 Å². The molecule has 0 amide bonds. The molecule has 108 valence electrons. The van der Waals surface area contributed by atoms with Crippen LogP contribution < -0.4 is 10.1 Å². The highest BCUT2D eigenvalue weighted by atomic mass is 35.5. The van der Waals surface area contributed by atoms with Gasteiger partial charge in [-0.25, -0.2) is 0 Å². The van der Waals surface area contributed by atoms with Crippen molar-refractivity contribution in [3.63, 3.8) is 0 Å². The lowest BCUT2D eigenvalue weighted by Gasteiger charge is -2.05. The van der Waals surface area contributed by atoms with E-state index in [0.29, 0.717) is 10.6 Å². The van der Waals surface area contributed by atoms with Gasteiger partial charge in [0.15, 0.2) is 5.78 Å². The number of aryl methyl sites for hydroxylation is 1. The van der Waals surface area contributed by atoms with Crippen LogP contribution in [0, 0.1) is 6.92 Å². The molecule has 21 heavy (non-hydrogen) atoms. The number of rotatable bonds is 5. The molecule has 2 rings (SSSR count). The van der Waals surface area contributed by atoms with Crippen LogP contribution >= 0.6 is 11.6 Å². The van der Waals surface area contributed by atoms with Crippen LogP contribution in [0.1, 0.15) is 15.9 Å². The molecule has 0 heterocycles. The molecule has 4 heteroatoms. The minimum atomic E-state index is -0.0890. The third-order valence-corrected chi connectivity index (χ3v) is 3.54. The maximum Gasteiger partial charge on any atom is 0.187 e. The number of halogens is 1. The van der Waals surface area contributed by atoms with Gasteiger partial charge in [-0.15, -0.1) is 0 Å². The van der Waals surface area contributed by atoms with Gasteiger partial charge in [0, 0.05) is 17.8 Å². The van der Waals surface area contributed by atoms with E-state index in [1.54, 1.807) is 37.6 Å². The lowest BCUT2D eigenvalue weighted by atomic mass is 10.1. The van der Waals surface area contributed by atoms with Gasteiger partial charge in [0.05, 0.1) is 17.8 Å². The Kier molecular flexibility index (Phi) is 5.01. The first-order valence-electron chi connectivity index (χ1n) is 6.48. The number of anilines is 1. The summed E-state index contributed by atoms with van der Waals surface area (Å²) in [6, 6.07) is 12.7. The van der Waals surface area contributed by atoms with Crippen molar-refractivity contribution >= 4 is 23.1 Å². The summed E-state index contributed by atoms with van der Waals surface area (Å²) in [5, 5.41) is 3.67. The molecule has 0 unspecified atom stereocenters. The molecule has 2 aromatic carbocycles. The number of ketones is 1. The Morgan fingerprint density at radius 1 is 1.19 bits per heavy atom. The molecule has 0 saturated heterocycles. The molecule has 0 spiro atoms. The summed E-state index contributed by atoms with van der Waals surface area (Å²) >= 11 is 6.16. The predicted molar refractivity (Wildman–Crippen MR) is 86.3 cm³/mol. The van der Waals surface area contributed by atoms with Crippen molar-refractivity contribution in [2.45, 2.75) is 6.92 Å². The highest BCUT2D eigenvalue weighted by molar-refractivity contribution is 6.34. The first-order valence-corrected chi connectivity index (χ1v) is 6.86. The Morgan fingerprint density at radius 2 is 1.90 bits per heavy atom. The van der Waals surface area contributed by atoms with Crippen LogP contribution in [0.15, 0.2) is 54.7 Å². The van der Waals surface area contributed by atoms with Crippen LogP contribution in [0.3, 0.4) is 0 Å². The summed E-state index contributed by atoms with van der Waals surface area (Å²) in [6.07, 6.45) is 3.06. The van der Waals surface area contributed by atoms with Crippen molar-refractivity contribution in [2.24, 2.45) is 0 Å². The summed E-state index contributed by atoms with van der Waals surface area (Å²) in [5.74, 6) is 0.633. The Bertz CT molecular complexity index is 663. The zero-order chi connectivity index (χ0) is 15.2. The molecule has 0 aliphatic carbocycles. The van der Waals surface area contributed by atoms with Gasteiger partial charge in [0.2, 0.25) is 0 Å². The average molecular weight is 302 g/mol. The molecule has 1 N–H and O–H groups in total. The Balaban J connectivity index is 2.03. The molecule has 0 aromatic heterocycles. The minimum absolute atomic E-state index is 0.0890. The van der Waals surface area contributed by atoms with Crippen molar-refractivity contribution in [3.8, 4) is 5.75 Å². The normalized spacial score (nSPS) is 10.6. The highest BCUT2D eigenvalue weighted by Crippen LogP contribution is 2.24. The van der Waals surface area contributed by atoms with E-state index in [1.807, 2.05) is 25.1 Å². The number of hydrogen-bond acceptors (Lipinski definition) is 3. The fourth-order valence-electron chi connectivity index (χ4n) is 1.82. The summed E-state index contributed by atoms with van der Waals surface area (Å²) in [4.78, 5) is 12.0. The van der Waals surface area contributed by atoms with Crippen molar-refractivity contribution in [3.05, 3.63) is 70.9 Å². The smallest absolute Gasteiger partial charge is 0.187 e. The number of hydrogen-bond donors (Lipinski definition) is 1. The second kappa shape index (κ2) is 6.95. The van der Waals surface area contributed by atoms with E-state index in [0.717, 1.165) is 17.0 Å². The van der Waals surface area contributed by atoms with E-state index in [-0.39, 0.29) is 5.78 Å². The van der Waals surface area contributed by atoms with E-state index >= 15 is 0 Å². The molecule has 0 saturated carbocycles. The number of benzene rings is 2. The van der Waals surface area contributed by atoms with Crippen LogP contribution in [0.4, 0.5) is 5.69 Å². The van der Waals surface area contributed by atoms with E-state index in [9.17, 15) is 4.79 Å². The third kappa shape index (κ3) is 3.86. The molecule has 0 aliphatic heterocycles. The predicted octanol–water partition coefficient (Wildman–Crippen LogP) is 4.47. The maximum atomic E-state index is 12.0. The van der Waals surface area contributed by atoms with Gasteiger partial charge >= 0.3 is 0 Å². The SMILES string of the molecule is COc1ccc(C(=O)/C=C\Nc2cccc(C)c2Cl)cc1. The molecule has 0 radical (unpaired) electrons. The van der Waals surface area contributed by atoms with Crippen LogP contribution in [0.5, 0.6) is 5.75 Å². The lowest BCUT2D eigenvalue weighted by molar-refractivity contribution is 0.104. The molecule has 3 nitrogen and oxygen atoms in total. The number of allylic oxidation sites excluding steroid dienone is 1. The highest BCUT2D eigenvalue weighted by Gasteiger charge is 2.03. The minimum Gasteiger partial charge on any atom is -0.497 e. The lowest BCUT2D eigenvalue weighted by Crippen LogP contribution is -1.97. The Hall–Kier alpha value is -2.26. The third-order valence-electron chi connectivity index (χ3n) is 3.04. The number of nitrogens with one attached hydrogen (secondary N) is 1. The molecule has 0 bridgehead atoms. The fraction of sp³-hybridized carbons (Fsp3) is 0.118. The van der Waals surface area contributed by atoms with Gasteiger partial charge in [-0.1, -0.05) is 23.7 Å². The van der Waals surface area contributed by atoms with E-state index in [2.05, 4.69) is 5.32 Å². The molecule has 0 fully saturated rings. The van der Waals surface area contributed by atoms with Crippen molar-refractivity contribution < 1.29 is 9.53 Å². The Labute approximate surface area is 129 Å². The van der Waals surface area contributed by atoms with Gasteiger partial charge in [-0.2, -0.15) is 0 Å². The summed E-state index contributed by atoms with van der Waals surface area (Å²) < 4.78 is 5.06. The molecule has 2 aromatic rings. The largest absolute Gasteiger partial charge is 0.497 e. The van der Waals surface area contributed by atoms with E-state index < -0.39 is 0 Å². The number of carbonyl (C=O) groups excluding carboxylic acids is 1. The number of methoxy groups -OCH3 is 1. The summed E-state index contributed by atoms with van der Waals surface area (Å²) in [5.41, 5.74) is 2.36. The maximum absolute atomic E-state index is 12.0. The average Bonchev–Trinajstić information content (AvgIpc) is 2.51. The second-order valence-electron chi connectivity index (χ2n) is 4.51. The number of carbonyl (C=O) groups is 1. The van der Waals surface area contributed by atoms with Crippen molar-refractivity contribution in [1.29, 1.82) is 0 Å². The molecular formula is C17H16ClNO2. The van der Waals surface area contributed by atoms with E-state index in [1.165, 1.54) is 6.08 Å². The number of ether oxygens (including phenoxy) is 1. The van der Waals surface area contributed by atoms with Crippen LogP contribution in [0.2, 0.25) is 5.02 Å². The Morgan fingerprint density at radius 3 is 2.57 bits per heavy atom.